The number of aliphatic carboxylic acids is 1. The quantitative estimate of drug-likeness (QED) is 0.475. The molecule has 2 amide bonds. The van der Waals surface area contributed by atoms with E-state index < -0.39 is 30.4 Å². The molecule has 8 heteroatoms. The highest BCUT2D eigenvalue weighted by molar-refractivity contribution is 5.89. The van der Waals surface area contributed by atoms with Gasteiger partial charge in [-0.15, -0.1) is 0 Å². The Balaban J connectivity index is 1.38. The highest BCUT2D eigenvalue weighted by Crippen LogP contribution is 2.44. The van der Waals surface area contributed by atoms with Crippen LogP contribution in [0.1, 0.15) is 34.7 Å². The highest BCUT2D eigenvalue weighted by Gasteiger charge is 2.30. The van der Waals surface area contributed by atoms with Gasteiger partial charge in [0.15, 0.2) is 0 Å². The molecule has 1 unspecified atom stereocenters. The molecule has 174 valence electrons. The molecule has 0 spiro atoms. The van der Waals surface area contributed by atoms with Crippen LogP contribution in [-0.2, 0) is 20.9 Å². The maximum Gasteiger partial charge on any atom is 0.407 e. The summed E-state index contributed by atoms with van der Waals surface area (Å²) in [6.07, 6.45) is 0.212. The van der Waals surface area contributed by atoms with E-state index in [1.165, 1.54) is 0 Å². The summed E-state index contributed by atoms with van der Waals surface area (Å²) >= 11 is 0. The highest BCUT2D eigenvalue weighted by atomic mass is 16.5. The Morgan fingerprint density at radius 1 is 1.00 bits per heavy atom. The van der Waals surface area contributed by atoms with Crippen molar-refractivity contribution in [2.45, 2.75) is 31.8 Å². The third kappa shape index (κ3) is 5.23. The number of benzene rings is 2. The number of carbonyl (C=O) groups excluding carboxylic acids is 2. The average molecular weight is 460 g/mol. The summed E-state index contributed by atoms with van der Waals surface area (Å²) in [4.78, 5) is 40.5. The minimum atomic E-state index is -1.27. The number of aryl methyl sites for hydroxylation is 1. The molecule has 1 aliphatic carbocycles. The number of rotatable bonds is 8. The lowest BCUT2D eigenvalue weighted by molar-refractivity contribution is -0.139. The molecule has 4 rings (SSSR count). The number of carboxylic acid groups (broad SMARTS) is 1. The summed E-state index contributed by atoms with van der Waals surface area (Å²) in [5.41, 5.74) is 5.91. The Bertz CT molecular complexity index is 1160. The van der Waals surface area contributed by atoms with E-state index in [-0.39, 0.29) is 19.1 Å². The van der Waals surface area contributed by atoms with Gasteiger partial charge in [-0.3, -0.25) is 14.6 Å². The Kier molecular flexibility index (Phi) is 6.87. The summed E-state index contributed by atoms with van der Waals surface area (Å²) in [7, 11) is 0. The SMILES string of the molecule is Cc1ccc(CNC(=O)C(CC(=O)O)NC(=O)OCC2c3ccccc3-c3ccccc32)cn1. The molecule has 1 aliphatic rings. The minimum absolute atomic E-state index is 0.0658. The number of hydrogen-bond donors (Lipinski definition) is 3. The number of aromatic nitrogens is 1. The molecule has 0 bridgehead atoms. The number of nitrogens with one attached hydrogen (secondary N) is 2. The Morgan fingerprint density at radius 2 is 1.65 bits per heavy atom. The number of fused-ring (bicyclic) bond motifs is 3. The third-order valence-corrected chi connectivity index (χ3v) is 5.77. The van der Waals surface area contributed by atoms with Crippen LogP contribution in [0.4, 0.5) is 4.79 Å². The zero-order chi connectivity index (χ0) is 24.1. The van der Waals surface area contributed by atoms with E-state index in [2.05, 4.69) is 15.6 Å². The van der Waals surface area contributed by atoms with Crippen molar-refractivity contribution in [3.05, 3.63) is 89.2 Å². The molecule has 2 aromatic carbocycles. The molecule has 1 atom stereocenters. The Morgan fingerprint density at radius 3 is 2.24 bits per heavy atom. The molecule has 1 heterocycles. The third-order valence-electron chi connectivity index (χ3n) is 5.77. The number of carbonyl (C=O) groups is 3. The average Bonchev–Trinajstić information content (AvgIpc) is 3.15. The van der Waals surface area contributed by atoms with E-state index in [9.17, 15) is 19.5 Å². The lowest BCUT2D eigenvalue weighted by Gasteiger charge is -2.18. The fraction of sp³-hybridized carbons (Fsp3) is 0.231. The topological polar surface area (TPSA) is 118 Å². The molecule has 3 N–H and O–H groups in total. The number of amides is 2. The van der Waals surface area contributed by atoms with Crippen molar-refractivity contribution in [2.75, 3.05) is 6.61 Å². The fourth-order valence-corrected chi connectivity index (χ4v) is 4.08. The van der Waals surface area contributed by atoms with Gasteiger partial charge in [0.2, 0.25) is 5.91 Å². The van der Waals surface area contributed by atoms with Crippen molar-refractivity contribution < 1.29 is 24.2 Å². The van der Waals surface area contributed by atoms with Crippen LogP contribution in [0.3, 0.4) is 0 Å². The van der Waals surface area contributed by atoms with E-state index in [1.807, 2.05) is 67.6 Å². The van der Waals surface area contributed by atoms with Gasteiger partial charge in [-0.2, -0.15) is 0 Å². The minimum Gasteiger partial charge on any atom is -0.481 e. The molecule has 1 aromatic heterocycles. The van der Waals surface area contributed by atoms with Crippen molar-refractivity contribution in [3.63, 3.8) is 0 Å². The number of ether oxygens (including phenoxy) is 1. The summed E-state index contributed by atoms with van der Waals surface area (Å²) in [5.74, 6) is -1.97. The zero-order valence-electron chi connectivity index (χ0n) is 18.7. The number of carboxylic acids is 1. The molecule has 0 radical (unpaired) electrons. The summed E-state index contributed by atoms with van der Waals surface area (Å²) < 4.78 is 5.44. The van der Waals surface area contributed by atoms with Gasteiger partial charge in [0.05, 0.1) is 6.42 Å². The molecule has 8 nitrogen and oxygen atoms in total. The van der Waals surface area contributed by atoms with Crippen LogP contribution in [0, 0.1) is 6.92 Å². The van der Waals surface area contributed by atoms with Gasteiger partial charge in [-0.05, 0) is 40.8 Å². The van der Waals surface area contributed by atoms with Crippen LogP contribution < -0.4 is 10.6 Å². The van der Waals surface area contributed by atoms with Crippen LogP contribution in [0.15, 0.2) is 66.9 Å². The first-order chi connectivity index (χ1) is 16.4. The van der Waals surface area contributed by atoms with E-state index >= 15 is 0 Å². The van der Waals surface area contributed by atoms with Crippen molar-refractivity contribution in [3.8, 4) is 11.1 Å². The van der Waals surface area contributed by atoms with E-state index in [0.717, 1.165) is 33.5 Å². The molecule has 0 aliphatic heterocycles. The van der Waals surface area contributed by atoms with Gasteiger partial charge in [0.1, 0.15) is 12.6 Å². The van der Waals surface area contributed by atoms with E-state index in [4.69, 9.17) is 4.74 Å². The molecule has 0 saturated heterocycles. The standard InChI is InChI=1S/C26H25N3O5/c1-16-10-11-17(13-27-16)14-28-25(32)23(12-24(30)31)29-26(33)34-15-22-20-8-4-2-6-18(20)19-7-3-5-9-21(19)22/h2-11,13,22-23H,12,14-15H2,1H3,(H,28,32)(H,29,33)(H,30,31). The van der Waals surface area contributed by atoms with Crippen molar-refractivity contribution in [1.82, 2.24) is 15.6 Å². The van der Waals surface area contributed by atoms with Crippen LogP contribution in [-0.4, -0.2) is 40.7 Å². The van der Waals surface area contributed by atoms with E-state index in [1.54, 1.807) is 6.20 Å². The molecule has 0 saturated carbocycles. The number of alkyl carbamates (subject to hydrolysis) is 1. The Hall–Kier alpha value is -4.20. The number of pyridine rings is 1. The monoisotopic (exact) mass is 459 g/mol. The molecule has 34 heavy (non-hydrogen) atoms. The normalized spacial score (nSPS) is 12.9. The van der Waals surface area contributed by atoms with Crippen molar-refractivity contribution >= 4 is 18.0 Å². The molecule has 0 fully saturated rings. The van der Waals surface area contributed by atoms with E-state index in [0.29, 0.717) is 0 Å². The van der Waals surface area contributed by atoms with Crippen LogP contribution in [0.2, 0.25) is 0 Å². The van der Waals surface area contributed by atoms with Crippen LogP contribution in [0.25, 0.3) is 11.1 Å². The largest absolute Gasteiger partial charge is 0.481 e. The second-order valence-corrected chi connectivity index (χ2v) is 8.15. The molecular formula is C26H25N3O5. The molecule has 3 aromatic rings. The van der Waals surface area contributed by atoms with Gasteiger partial charge >= 0.3 is 12.1 Å². The summed E-state index contributed by atoms with van der Waals surface area (Å²) in [6.45, 7) is 2.08. The Labute approximate surface area is 197 Å². The maximum atomic E-state index is 12.6. The lowest BCUT2D eigenvalue weighted by atomic mass is 9.98. The summed E-state index contributed by atoms with van der Waals surface area (Å²) in [5, 5.41) is 14.2. The first-order valence-corrected chi connectivity index (χ1v) is 10.9. The van der Waals surface area contributed by atoms with Gasteiger partial charge in [0.25, 0.3) is 0 Å². The summed E-state index contributed by atoms with van der Waals surface area (Å²) in [6, 6.07) is 18.2. The van der Waals surface area contributed by atoms with Gasteiger partial charge in [-0.1, -0.05) is 54.6 Å². The zero-order valence-corrected chi connectivity index (χ0v) is 18.7. The van der Waals surface area contributed by atoms with Crippen molar-refractivity contribution in [2.24, 2.45) is 0 Å². The van der Waals surface area contributed by atoms with Crippen molar-refractivity contribution in [1.29, 1.82) is 0 Å². The lowest BCUT2D eigenvalue weighted by Crippen LogP contribution is -2.48. The van der Waals surface area contributed by atoms with Gasteiger partial charge < -0.3 is 20.5 Å². The molecular weight excluding hydrogens is 434 g/mol. The number of hydrogen-bond acceptors (Lipinski definition) is 5. The smallest absolute Gasteiger partial charge is 0.407 e. The van der Waals surface area contributed by atoms with Crippen LogP contribution in [0.5, 0.6) is 0 Å². The fourth-order valence-electron chi connectivity index (χ4n) is 4.08. The second kappa shape index (κ2) is 10.2. The van der Waals surface area contributed by atoms with Gasteiger partial charge in [0, 0.05) is 24.4 Å². The maximum absolute atomic E-state index is 12.6. The first kappa shape index (κ1) is 23.0. The first-order valence-electron chi connectivity index (χ1n) is 10.9. The van der Waals surface area contributed by atoms with Crippen LogP contribution >= 0.6 is 0 Å². The van der Waals surface area contributed by atoms with Gasteiger partial charge in [-0.25, -0.2) is 4.79 Å². The second-order valence-electron chi connectivity index (χ2n) is 8.15. The number of nitrogens with zero attached hydrogens (tertiary/aromatic N) is 1. The predicted molar refractivity (Wildman–Crippen MR) is 125 cm³/mol. The predicted octanol–water partition coefficient (Wildman–Crippen LogP) is 3.39.